The lowest BCUT2D eigenvalue weighted by Crippen LogP contribution is -2.07. The van der Waals surface area contributed by atoms with Crippen molar-refractivity contribution in [1.82, 2.24) is 0 Å². The van der Waals surface area contributed by atoms with Gasteiger partial charge in [0.15, 0.2) is 0 Å². The molecule has 0 heterocycles. The molecule has 0 saturated carbocycles. The Bertz CT molecular complexity index is 342. The maximum absolute atomic E-state index is 10.7. The number of rotatable bonds is 2. The van der Waals surface area contributed by atoms with E-state index in [0.717, 1.165) is 0 Å². The molecule has 0 amide bonds. The maximum atomic E-state index is 10.7. The van der Waals surface area contributed by atoms with Crippen molar-refractivity contribution in [2.24, 2.45) is 0 Å². The molecule has 65 valence electrons. The van der Waals surface area contributed by atoms with Crippen LogP contribution in [0.25, 0.3) is 0 Å². The van der Waals surface area contributed by atoms with Gasteiger partial charge in [-0.05, 0) is 18.6 Å². The number of benzene rings is 1. The molecule has 1 N–H and O–H groups in total. The van der Waals surface area contributed by atoms with Gasteiger partial charge in [-0.1, -0.05) is 24.3 Å². The highest BCUT2D eigenvalue weighted by molar-refractivity contribution is 7.86. The molecule has 0 spiro atoms. The lowest BCUT2D eigenvalue weighted by molar-refractivity contribution is 0.472. The minimum atomic E-state index is -3.99. The fourth-order valence-corrected chi connectivity index (χ4v) is 1.29. The molecule has 0 bridgehead atoms. The zero-order valence-corrected chi connectivity index (χ0v) is 7.38. The fourth-order valence-electron chi connectivity index (χ4n) is 0.821. The summed E-state index contributed by atoms with van der Waals surface area (Å²) in [5, 5.41) is -0.904. The van der Waals surface area contributed by atoms with E-state index < -0.39 is 15.4 Å². The fraction of sp³-hybridized carbons (Fsp3) is 0.250. The first-order chi connectivity index (χ1) is 5.52. The molecule has 3 nitrogen and oxygen atoms in total. The van der Waals surface area contributed by atoms with Crippen LogP contribution < -0.4 is 0 Å². The highest BCUT2D eigenvalue weighted by Crippen LogP contribution is 2.18. The summed E-state index contributed by atoms with van der Waals surface area (Å²) >= 11 is 0. The molecule has 1 atom stereocenters. The Balaban J connectivity index is 3.02. The first kappa shape index (κ1) is 9.22. The van der Waals surface area contributed by atoms with E-state index in [-0.39, 0.29) is 0 Å². The third kappa shape index (κ3) is 2.06. The predicted molar refractivity (Wildman–Crippen MR) is 45.2 cm³/mol. The van der Waals surface area contributed by atoms with Crippen LogP contribution in [0.5, 0.6) is 0 Å². The van der Waals surface area contributed by atoms with E-state index >= 15 is 0 Å². The standard InChI is InChI=1S/C8H9O3S/c1-7(12(9,10)11)8-5-3-2-4-6-8/h2-5,7H,1H3,(H,9,10,11). The van der Waals surface area contributed by atoms with Crippen LogP contribution in [0.2, 0.25) is 0 Å². The molecule has 1 radical (unpaired) electrons. The number of hydrogen-bond acceptors (Lipinski definition) is 2. The minimum Gasteiger partial charge on any atom is -0.285 e. The highest BCUT2D eigenvalue weighted by atomic mass is 32.2. The summed E-state index contributed by atoms with van der Waals surface area (Å²) in [7, 11) is -3.99. The van der Waals surface area contributed by atoms with E-state index in [2.05, 4.69) is 6.07 Å². The predicted octanol–water partition coefficient (Wildman–Crippen LogP) is 1.44. The summed E-state index contributed by atoms with van der Waals surface area (Å²) in [6, 6.07) is 9.39. The highest BCUT2D eigenvalue weighted by Gasteiger charge is 2.18. The maximum Gasteiger partial charge on any atom is 0.271 e. The third-order valence-corrected chi connectivity index (χ3v) is 2.77. The van der Waals surface area contributed by atoms with Gasteiger partial charge >= 0.3 is 0 Å². The van der Waals surface area contributed by atoms with Crippen molar-refractivity contribution >= 4 is 10.1 Å². The Morgan fingerprint density at radius 2 is 2.17 bits per heavy atom. The molecular weight excluding hydrogens is 176 g/mol. The first-order valence-corrected chi connectivity index (χ1v) is 4.95. The molecule has 0 fully saturated rings. The van der Waals surface area contributed by atoms with E-state index in [1.807, 2.05) is 0 Å². The van der Waals surface area contributed by atoms with Crippen molar-refractivity contribution < 1.29 is 13.0 Å². The summed E-state index contributed by atoms with van der Waals surface area (Å²) in [5.74, 6) is 0. The zero-order valence-electron chi connectivity index (χ0n) is 6.56. The Morgan fingerprint density at radius 3 is 2.58 bits per heavy atom. The first-order valence-electron chi connectivity index (χ1n) is 3.44. The summed E-state index contributed by atoms with van der Waals surface area (Å²) in [6.07, 6.45) is 0. The van der Waals surface area contributed by atoms with Crippen LogP contribution in [0, 0.1) is 6.07 Å². The molecule has 0 aliphatic rings. The van der Waals surface area contributed by atoms with Crippen LogP contribution >= 0.6 is 0 Å². The van der Waals surface area contributed by atoms with Crippen LogP contribution in [-0.4, -0.2) is 13.0 Å². The van der Waals surface area contributed by atoms with Gasteiger partial charge in [0.25, 0.3) is 10.1 Å². The van der Waals surface area contributed by atoms with Gasteiger partial charge in [-0.15, -0.1) is 0 Å². The van der Waals surface area contributed by atoms with Gasteiger partial charge in [0.2, 0.25) is 0 Å². The molecule has 0 aromatic heterocycles. The zero-order chi connectivity index (χ0) is 9.19. The van der Waals surface area contributed by atoms with Crippen molar-refractivity contribution in [1.29, 1.82) is 0 Å². The smallest absolute Gasteiger partial charge is 0.271 e. The second-order valence-corrected chi connectivity index (χ2v) is 4.21. The van der Waals surface area contributed by atoms with Crippen LogP contribution in [-0.2, 0) is 10.1 Å². The lowest BCUT2D eigenvalue weighted by Gasteiger charge is -2.06. The van der Waals surface area contributed by atoms with E-state index in [1.165, 1.54) is 6.92 Å². The van der Waals surface area contributed by atoms with Crippen LogP contribution in [0.4, 0.5) is 0 Å². The Labute approximate surface area is 71.8 Å². The van der Waals surface area contributed by atoms with E-state index in [4.69, 9.17) is 4.55 Å². The van der Waals surface area contributed by atoms with Gasteiger partial charge in [0.1, 0.15) is 5.25 Å². The van der Waals surface area contributed by atoms with Gasteiger partial charge in [0, 0.05) is 0 Å². The quantitative estimate of drug-likeness (QED) is 0.709. The molecule has 1 unspecified atom stereocenters. The van der Waals surface area contributed by atoms with E-state index in [9.17, 15) is 8.42 Å². The van der Waals surface area contributed by atoms with Gasteiger partial charge in [-0.25, -0.2) is 0 Å². The topological polar surface area (TPSA) is 54.4 Å². The van der Waals surface area contributed by atoms with Crippen molar-refractivity contribution in [2.45, 2.75) is 12.2 Å². The lowest BCUT2D eigenvalue weighted by atomic mass is 10.2. The summed E-state index contributed by atoms with van der Waals surface area (Å²) in [6.45, 7) is 1.42. The van der Waals surface area contributed by atoms with Crippen molar-refractivity contribution in [3.05, 3.63) is 35.9 Å². The molecule has 4 heteroatoms. The molecule has 0 aliphatic heterocycles. The van der Waals surface area contributed by atoms with E-state index in [1.54, 1.807) is 24.3 Å². The molecule has 1 rings (SSSR count). The van der Waals surface area contributed by atoms with Crippen LogP contribution in [0.15, 0.2) is 24.3 Å². The average Bonchev–Trinajstić information content (AvgIpc) is 2.03. The second kappa shape index (κ2) is 3.25. The summed E-state index contributed by atoms with van der Waals surface area (Å²) in [4.78, 5) is 0. The van der Waals surface area contributed by atoms with Gasteiger partial charge < -0.3 is 0 Å². The SMILES string of the molecule is CC(c1[c]cccc1)S(=O)(=O)O. The van der Waals surface area contributed by atoms with Crippen molar-refractivity contribution in [3.8, 4) is 0 Å². The van der Waals surface area contributed by atoms with Crippen LogP contribution in [0.1, 0.15) is 17.7 Å². The van der Waals surface area contributed by atoms with E-state index in [0.29, 0.717) is 5.56 Å². The van der Waals surface area contributed by atoms with Crippen molar-refractivity contribution in [2.75, 3.05) is 0 Å². The second-order valence-electron chi connectivity index (χ2n) is 2.48. The van der Waals surface area contributed by atoms with Gasteiger partial charge in [-0.3, -0.25) is 4.55 Å². The molecule has 0 aliphatic carbocycles. The Morgan fingerprint density at radius 1 is 1.50 bits per heavy atom. The minimum absolute atomic E-state index is 0.472. The molecule has 1 aromatic rings. The van der Waals surface area contributed by atoms with Crippen molar-refractivity contribution in [3.63, 3.8) is 0 Å². The molecule has 12 heavy (non-hydrogen) atoms. The Kier molecular flexibility index (Phi) is 2.49. The summed E-state index contributed by atoms with van der Waals surface area (Å²) < 4.78 is 30.0. The third-order valence-electron chi connectivity index (χ3n) is 1.62. The molecular formula is C8H9O3S. The molecule has 0 saturated heterocycles. The number of hydrogen-bond donors (Lipinski definition) is 1. The summed E-state index contributed by atoms with van der Waals surface area (Å²) in [5.41, 5.74) is 0.472. The molecule has 1 aromatic carbocycles. The van der Waals surface area contributed by atoms with Crippen LogP contribution in [0.3, 0.4) is 0 Å². The Hall–Kier alpha value is -0.870. The largest absolute Gasteiger partial charge is 0.285 e. The average molecular weight is 185 g/mol. The normalized spacial score (nSPS) is 14.2. The van der Waals surface area contributed by atoms with Gasteiger partial charge in [0.05, 0.1) is 0 Å². The van der Waals surface area contributed by atoms with Gasteiger partial charge in [-0.2, -0.15) is 8.42 Å². The monoisotopic (exact) mass is 185 g/mol.